The van der Waals surface area contributed by atoms with Gasteiger partial charge in [-0.2, -0.15) is 5.06 Å². The third kappa shape index (κ3) is 3.62. The van der Waals surface area contributed by atoms with Crippen LogP contribution in [0.5, 0.6) is 0 Å². The SMILES string of the molecule is C=C(ON1C(=O)C(NC(=O)OC(C)(C)C)C1C)C(=O)O. The number of nitrogens with one attached hydrogen (secondary N) is 1. The van der Waals surface area contributed by atoms with Crippen molar-refractivity contribution in [3.63, 3.8) is 0 Å². The fraction of sp³-hybridized carbons (Fsp3) is 0.583. The van der Waals surface area contributed by atoms with Crippen LogP contribution in [0.15, 0.2) is 12.3 Å². The van der Waals surface area contributed by atoms with Crippen LogP contribution >= 0.6 is 0 Å². The molecule has 8 heteroatoms. The number of nitrogens with zero attached hydrogens (tertiary/aromatic N) is 1. The zero-order chi connectivity index (χ0) is 15.7. The lowest BCUT2D eigenvalue weighted by molar-refractivity contribution is -0.217. The van der Waals surface area contributed by atoms with Crippen LogP contribution in [0.2, 0.25) is 0 Å². The Labute approximate surface area is 116 Å². The summed E-state index contributed by atoms with van der Waals surface area (Å²) >= 11 is 0. The Morgan fingerprint density at radius 1 is 1.40 bits per heavy atom. The Morgan fingerprint density at radius 3 is 2.35 bits per heavy atom. The topological polar surface area (TPSA) is 105 Å². The van der Waals surface area contributed by atoms with Gasteiger partial charge in [0, 0.05) is 0 Å². The van der Waals surface area contributed by atoms with E-state index in [0.717, 1.165) is 5.06 Å². The van der Waals surface area contributed by atoms with E-state index in [1.165, 1.54) is 0 Å². The minimum absolute atomic E-state index is 0.522. The Balaban J connectivity index is 2.53. The normalized spacial score (nSPS) is 21.8. The van der Waals surface area contributed by atoms with Gasteiger partial charge in [0.1, 0.15) is 11.6 Å². The molecule has 2 atom stereocenters. The van der Waals surface area contributed by atoms with Crippen LogP contribution < -0.4 is 5.32 Å². The summed E-state index contributed by atoms with van der Waals surface area (Å²) in [6.07, 6.45) is -0.723. The summed E-state index contributed by atoms with van der Waals surface area (Å²) in [4.78, 5) is 38.6. The molecule has 1 aliphatic rings. The summed E-state index contributed by atoms with van der Waals surface area (Å²) in [6.45, 7) is 9.85. The Kier molecular flexibility index (Phi) is 4.26. The zero-order valence-electron chi connectivity index (χ0n) is 11.8. The highest BCUT2D eigenvalue weighted by atomic mass is 16.7. The molecule has 112 valence electrons. The van der Waals surface area contributed by atoms with Crippen molar-refractivity contribution in [3.05, 3.63) is 12.3 Å². The first-order valence-electron chi connectivity index (χ1n) is 5.95. The maximum atomic E-state index is 11.7. The van der Waals surface area contributed by atoms with Gasteiger partial charge in [-0.05, 0) is 34.3 Å². The highest BCUT2D eigenvalue weighted by Crippen LogP contribution is 2.22. The number of β-lactam (4-membered cyclic amide) rings is 1. The Morgan fingerprint density at radius 2 is 1.95 bits per heavy atom. The van der Waals surface area contributed by atoms with Crippen LogP contribution in [0.4, 0.5) is 4.79 Å². The monoisotopic (exact) mass is 286 g/mol. The molecule has 8 nitrogen and oxygen atoms in total. The molecule has 0 radical (unpaired) electrons. The largest absolute Gasteiger partial charge is 0.475 e. The molecule has 0 saturated carbocycles. The smallest absolute Gasteiger partial charge is 0.408 e. The van der Waals surface area contributed by atoms with Gasteiger partial charge in [0.05, 0.1) is 6.04 Å². The summed E-state index contributed by atoms with van der Waals surface area (Å²) in [5, 5.41) is 11.9. The van der Waals surface area contributed by atoms with Crippen molar-refractivity contribution in [2.45, 2.75) is 45.4 Å². The molecule has 1 fully saturated rings. The predicted octanol–water partition coefficient (Wildman–Crippen LogP) is 0.640. The van der Waals surface area contributed by atoms with Crippen LogP contribution in [0.25, 0.3) is 0 Å². The summed E-state index contributed by atoms with van der Waals surface area (Å²) in [5.74, 6) is -2.50. The number of hydrogen-bond donors (Lipinski definition) is 2. The first kappa shape index (κ1) is 15.8. The van der Waals surface area contributed by atoms with Gasteiger partial charge in [0.15, 0.2) is 0 Å². The number of carboxylic acids is 1. The fourth-order valence-electron chi connectivity index (χ4n) is 1.50. The van der Waals surface area contributed by atoms with Gasteiger partial charge < -0.3 is 20.0 Å². The predicted molar refractivity (Wildman–Crippen MR) is 67.3 cm³/mol. The molecule has 0 spiro atoms. The van der Waals surface area contributed by atoms with Gasteiger partial charge in [0.25, 0.3) is 5.91 Å². The van der Waals surface area contributed by atoms with E-state index in [9.17, 15) is 14.4 Å². The van der Waals surface area contributed by atoms with Crippen molar-refractivity contribution >= 4 is 18.0 Å². The van der Waals surface area contributed by atoms with E-state index >= 15 is 0 Å². The van der Waals surface area contributed by atoms with Crippen LogP contribution in [0.1, 0.15) is 27.7 Å². The first-order valence-corrected chi connectivity index (χ1v) is 5.95. The lowest BCUT2D eigenvalue weighted by Gasteiger charge is -2.43. The van der Waals surface area contributed by atoms with E-state index < -0.39 is 41.4 Å². The van der Waals surface area contributed by atoms with Crippen molar-refractivity contribution in [2.24, 2.45) is 0 Å². The van der Waals surface area contributed by atoms with E-state index in [0.29, 0.717) is 0 Å². The van der Waals surface area contributed by atoms with E-state index in [4.69, 9.17) is 14.7 Å². The molecule has 2 amide bonds. The van der Waals surface area contributed by atoms with Gasteiger partial charge >= 0.3 is 12.1 Å². The number of hydrogen-bond acceptors (Lipinski definition) is 5. The lowest BCUT2D eigenvalue weighted by Crippen LogP contribution is -2.69. The third-order valence-electron chi connectivity index (χ3n) is 2.45. The third-order valence-corrected chi connectivity index (χ3v) is 2.45. The van der Waals surface area contributed by atoms with E-state index in [-0.39, 0.29) is 0 Å². The summed E-state index contributed by atoms with van der Waals surface area (Å²) < 4.78 is 5.02. The van der Waals surface area contributed by atoms with Crippen LogP contribution in [-0.2, 0) is 19.2 Å². The molecule has 1 saturated heterocycles. The molecule has 0 bridgehead atoms. The van der Waals surface area contributed by atoms with Gasteiger partial charge in [0.2, 0.25) is 5.76 Å². The van der Waals surface area contributed by atoms with Crippen molar-refractivity contribution in [3.8, 4) is 0 Å². The van der Waals surface area contributed by atoms with Gasteiger partial charge in [-0.25, -0.2) is 9.59 Å². The van der Waals surface area contributed by atoms with Gasteiger partial charge in [-0.3, -0.25) is 4.79 Å². The molecule has 2 unspecified atom stereocenters. The molecule has 20 heavy (non-hydrogen) atoms. The van der Waals surface area contributed by atoms with E-state index in [1.807, 2.05) is 0 Å². The number of hydroxylamine groups is 2. The molecule has 1 heterocycles. The maximum absolute atomic E-state index is 11.7. The van der Waals surface area contributed by atoms with Gasteiger partial charge in [-0.15, -0.1) is 0 Å². The number of ether oxygens (including phenoxy) is 1. The van der Waals surface area contributed by atoms with Crippen molar-refractivity contribution in [1.29, 1.82) is 0 Å². The standard InChI is InChI=1S/C12H18N2O6/c1-6-8(13-11(18)19-12(3,4)5)9(15)14(6)20-7(2)10(16)17/h6,8H,2H2,1,3-5H3,(H,13,18)(H,16,17). The molecule has 2 N–H and O–H groups in total. The molecule has 1 aliphatic heterocycles. The molecule has 0 aromatic rings. The van der Waals surface area contributed by atoms with Gasteiger partial charge in [-0.1, -0.05) is 0 Å². The second-order valence-electron chi connectivity index (χ2n) is 5.35. The van der Waals surface area contributed by atoms with Crippen LogP contribution in [0.3, 0.4) is 0 Å². The highest BCUT2D eigenvalue weighted by molar-refractivity contribution is 5.92. The lowest BCUT2D eigenvalue weighted by atomic mass is 10.0. The van der Waals surface area contributed by atoms with Crippen LogP contribution in [-0.4, -0.2) is 45.8 Å². The quantitative estimate of drug-likeness (QED) is 0.446. The van der Waals surface area contributed by atoms with Crippen molar-refractivity contribution in [2.75, 3.05) is 0 Å². The number of carboxylic acid groups (broad SMARTS) is 1. The maximum Gasteiger partial charge on any atom is 0.408 e. The van der Waals surface area contributed by atoms with Crippen LogP contribution in [0, 0.1) is 0 Å². The number of amides is 2. The average molecular weight is 286 g/mol. The van der Waals surface area contributed by atoms with Crippen molar-refractivity contribution < 1.29 is 29.1 Å². The van der Waals surface area contributed by atoms with Crippen molar-refractivity contribution in [1.82, 2.24) is 10.4 Å². The zero-order valence-corrected chi connectivity index (χ0v) is 11.8. The summed E-state index contributed by atoms with van der Waals surface area (Å²) in [5.41, 5.74) is -0.673. The van der Waals surface area contributed by atoms with E-state index in [1.54, 1.807) is 27.7 Å². The number of alkyl carbamates (subject to hydrolysis) is 1. The molecule has 1 rings (SSSR count). The molecule has 0 aliphatic carbocycles. The van der Waals surface area contributed by atoms with E-state index in [2.05, 4.69) is 11.9 Å². The Hall–Kier alpha value is -2.25. The average Bonchev–Trinajstić information content (AvgIpc) is 2.29. The fourth-order valence-corrected chi connectivity index (χ4v) is 1.50. The second kappa shape index (κ2) is 5.40. The minimum atomic E-state index is -1.37. The number of rotatable bonds is 4. The second-order valence-corrected chi connectivity index (χ2v) is 5.35. The molecule has 0 aromatic heterocycles. The summed E-state index contributed by atoms with van der Waals surface area (Å²) in [7, 11) is 0. The summed E-state index contributed by atoms with van der Waals surface area (Å²) in [6, 6.07) is -1.34. The molecule has 0 aromatic carbocycles. The number of aliphatic carboxylic acids is 1. The number of carbonyl (C=O) groups is 3. The highest BCUT2D eigenvalue weighted by Gasteiger charge is 2.48. The molecular formula is C12H18N2O6. The number of carbonyl (C=O) groups excluding carboxylic acids is 2. The first-order chi connectivity index (χ1) is 9.03. The minimum Gasteiger partial charge on any atom is -0.475 e. The molecular weight excluding hydrogens is 268 g/mol. The Bertz CT molecular complexity index is 453.